The number of benzene rings is 1. The van der Waals surface area contributed by atoms with E-state index < -0.39 is 11.7 Å². The van der Waals surface area contributed by atoms with Crippen molar-refractivity contribution in [3.63, 3.8) is 0 Å². The summed E-state index contributed by atoms with van der Waals surface area (Å²) >= 11 is 0. The van der Waals surface area contributed by atoms with Crippen molar-refractivity contribution in [3.8, 4) is 6.01 Å². The second kappa shape index (κ2) is 13.0. The van der Waals surface area contributed by atoms with E-state index in [-0.39, 0.29) is 36.1 Å². The zero-order chi connectivity index (χ0) is 23.4. The number of nitrogens with zero attached hydrogens (tertiary/aromatic N) is 3. The standard InChI is InChI=1S/C20H29F3N6O3/c1-14(2)32-19-28-17(25-8-10-31-12-11-30-9-7-24)27-18(29-19)26-13-15-5-3-4-6-16(15)20(21,22)23/h3-6,14H,7-13,24H2,1-2H3,(H2,25,26,27,28,29). The lowest BCUT2D eigenvalue weighted by Crippen LogP contribution is -2.18. The molecule has 12 heteroatoms. The molecular formula is C20H29F3N6O3. The lowest BCUT2D eigenvalue weighted by atomic mass is 10.1. The summed E-state index contributed by atoms with van der Waals surface area (Å²) in [5.74, 6) is 0.302. The lowest BCUT2D eigenvalue weighted by Gasteiger charge is -2.15. The predicted octanol–water partition coefficient (Wildman–Crippen LogP) is 2.69. The van der Waals surface area contributed by atoms with Crippen LogP contribution in [0.2, 0.25) is 0 Å². The molecule has 1 aromatic heterocycles. The summed E-state index contributed by atoms with van der Waals surface area (Å²) < 4.78 is 55.8. The van der Waals surface area contributed by atoms with E-state index in [9.17, 15) is 13.2 Å². The smallest absolute Gasteiger partial charge is 0.416 e. The largest absolute Gasteiger partial charge is 0.461 e. The molecule has 178 valence electrons. The van der Waals surface area contributed by atoms with Crippen LogP contribution in [0.3, 0.4) is 0 Å². The summed E-state index contributed by atoms with van der Waals surface area (Å²) in [5.41, 5.74) is 4.69. The molecule has 0 saturated carbocycles. The lowest BCUT2D eigenvalue weighted by molar-refractivity contribution is -0.138. The fraction of sp³-hybridized carbons (Fsp3) is 0.550. The van der Waals surface area contributed by atoms with E-state index >= 15 is 0 Å². The van der Waals surface area contributed by atoms with Gasteiger partial charge in [0.15, 0.2) is 0 Å². The Morgan fingerprint density at radius 2 is 1.59 bits per heavy atom. The van der Waals surface area contributed by atoms with Crippen LogP contribution in [0.25, 0.3) is 0 Å². The van der Waals surface area contributed by atoms with Gasteiger partial charge in [0.25, 0.3) is 0 Å². The van der Waals surface area contributed by atoms with Gasteiger partial charge in [-0.3, -0.25) is 0 Å². The van der Waals surface area contributed by atoms with Crippen molar-refractivity contribution in [2.24, 2.45) is 5.73 Å². The quantitative estimate of drug-likeness (QED) is 0.367. The minimum absolute atomic E-state index is 0.0557. The highest BCUT2D eigenvalue weighted by Gasteiger charge is 2.32. The van der Waals surface area contributed by atoms with Crippen LogP contribution in [0.5, 0.6) is 6.01 Å². The number of nitrogens with one attached hydrogen (secondary N) is 2. The molecule has 0 fully saturated rings. The summed E-state index contributed by atoms with van der Waals surface area (Å²) in [6, 6.07) is 5.38. The Hall–Kier alpha value is -2.70. The van der Waals surface area contributed by atoms with Gasteiger partial charge in [-0.2, -0.15) is 28.1 Å². The van der Waals surface area contributed by atoms with Gasteiger partial charge in [-0.15, -0.1) is 0 Å². The van der Waals surface area contributed by atoms with Gasteiger partial charge in [0.2, 0.25) is 11.9 Å². The molecule has 0 amide bonds. The van der Waals surface area contributed by atoms with Gasteiger partial charge < -0.3 is 30.6 Å². The first-order valence-corrected chi connectivity index (χ1v) is 10.2. The van der Waals surface area contributed by atoms with Crippen molar-refractivity contribution >= 4 is 11.9 Å². The average molecular weight is 458 g/mol. The Morgan fingerprint density at radius 3 is 2.25 bits per heavy atom. The van der Waals surface area contributed by atoms with Gasteiger partial charge >= 0.3 is 12.2 Å². The minimum Gasteiger partial charge on any atom is -0.461 e. The number of ether oxygens (including phenoxy) is 3. The number of halogens is 3. The first-order chi connectivity index (χ1) is 15.3. The average Bonchev–Trinajstić information content (AvgIpc) is 2.73. The molecule has 0 spiro atoms. The highest BCUT2D eigenvalue weighted by Crippen LogP contribution is 2.32. The molecule has 4 N–H and O–H groups in total. The van der Waals surface area contributed by atoms with E-state index in [2.05, 4.69) is 25.6 Å². The highest BCUT2D eigenvalue weighted by atomic mass is 19.4. The molecule has 1 heterocycles. The van der Waals surface area contributed by atoms with Crippen LogP contribution in [-0.2, 0) is 22.2 Å². The normalized spacial score (nSPS) is 11.6. The van der Waals surface area contributed by atoms with Crippen LogP contribution in [0.15, 0.2) is 24.3 Å². The second-order valence-corrected chi connectivity index (χ2v) is 6.88. The van der Waals surface area contributed by atoms with Crippen molar-refractivity contribution in [2.45, 2.75) is 32.7 Å². The first kappa shape index (κ1) is 25.6. The third-order valence-corrected chi connectivity index (χ3v) is 3.88. The Balaban J connectivity index is 1.98. The first-order valence-electron chi connectivity index (χ1n) is 10.2. The maximum absolute atomic E-state index is 13.2. The fourth-order valence-electron chi connectivity index (χ4n) is 2.54. The van der Waals surface area contributed by atoms with Crippen molar-refractivity contribution in [1.29, 1.82) is 0 Å². The maximum atomic E-state index is 13.2. The number of rotatable bonds is 14. The number of anilines is 2. The van der Waals surface area contributed by atoms with E-state index in [1.807, 2.05) is 13.8 Å². The van der Waals surface area contributed by atoms with Crippen LogP contribution in [-0.4, -0.2) is 60.6 Å². The summed E-state index contributed by atoms with van der Waals surface area (Å²) in [5, 5.41) is 5.80. The Bertz CT molecular complexity index is 823. The number of nitrogens with two attached hydrogens (primary N) is 1. The van der Waals surface area contributed by atoms with Crippen molar-refractivity contribution in [1.82, 2.24) is 15.0 Å². The van der Waals surface area contributed by atoms with Crippen LogP contribution >= 0.6 is 0 Å². The van der Waals surface area contributed by atoms with E-state index in [0.29, 0.717) is 39.5 Å². The molecule has 0 aliphatic carbocycles. The SMILES string of the molecule is CC(C)Oc1nc(NCCOCCOCCN)nc(NCc2ccccc2C(F)(F)F)n1. The molecular weight excluding hydrogens is 429 g/mol. The number of aromatic nitrogens is 3. The molecule has 0 aliphatic heterocycles. The van der Waals surface area contributed by atoms with Crippen LogP contribution in [0, 0.1) is 0 Å². The second-order valence-electron chi connectivity index (χ2n) is 6.88. The Labute approximate surface area is 184 Å². The van der Waals surface area contributed by atoms with E-state index in [4.69, 9.17) is 19.9 Å². The van der Waals surface area contributed by atoms with Gasteiger partial charge in [0.05, 0.1) is 38.1 Å². The fourth-order valence-corrected chi connectivity index (χ4v) is 2.54. The molecule has 0 aliphatic rings. The Kier molecular flexibility index (Phi) is 10.4. The topological polar surface area (TPSA) is 116 Å². The number of alkyl halides is 3. The molecule has 0 radical (unpaired) electrons. The molecule has 0 atom stereocenters. The molecule has 0 bridgehead atoms. The molecule has 0 unspecified atom stereocenters. The monoisotopic (exact) mass is 458 g/mol. The summed E-state index contributed by atoms with van der Waals surface area (Å²) in [4.78, 5) is 12.5. The predicted molar refractivity (Wildman–Crippen MR) is 114 cm³/mol. The summed E-state index contributed by atoms with van der Waals surface area (Å²) in [6.45, 7) is 6.08. The molecule has 32 heavy (non-hydrogen) atoms. The van der Waals surface area contributed by atoms with Crippen LogP contribution in [0.4, 0.5) is 25.1 Å². The molecule has 2 aromatic rings. The maximum Gasteiger partial charge on any atom is 0.416 e. The van der Waals surface area contributed by atoms with Gasteiger partial charge in [0, 0.05) is 19.6 Å². The molecule has 2 rings (SSSR count). The highest BCUT2D eigenvalue weighted by molar-refractivity contribution is 5.38. The minimum atomic E-state index is -4.45. The van der Waals surface area contributed by atoms with Gasteiger partial charge in [-0.1, -0.05) is 18.2 Å². The van der Waals surface area contributed by atoms with E-state index in [1.165, 1.54) is 12.1 Å². The summed E-state index contributed by atoms with van der Waals surface area (Å²) in [6.07, 6.45) is -4.65. The van der Waals surface area contributed by atoms with E-state index in [1.54, 1.807) is 6.07 Å². The van der Waals surface area contributed by atoms with Crippen molar-refractivity contribution in [3.05, 3.63) is 35.4 Å². The number of hydrogen-bond donors (Lipinski definition) is 3. The van der Waals surface area contributed by atoms with Crippen molar-refractivity contribution < 1.29 is 27.4 Å². The Morgan fingerprint density at radius 1 is 0.938 bits per heavy atom. The third-order valence-electron chi connectivity index (χ3n) is 3.88. The zero-order valence-electron chi connectivity index (χ0n) is 18.1. The van der Waals surface area contributed by atoms with Crippen molar-refractivity contribution in [2.75, 3.05) is 50.2 Å². The summed E-state index contributed by atoms with van der Waals surface area (Å²) in [7, 11) is 0. The van der Waals surface area contributed by atoms with Crippen LogP contribution < -0.4 is 21.1 Å². The van der Waals surface area contributed by atoms with Gasteiger partial charge in [-0.05, 0) is 25.5 Å². The molecule has 9 nitrogen and oxygen atoms in total. The molecule has 1 aromatic carbocycles. The molecule has 0 saturated heterocycles. The van der Waals surface area contributed by atoms with Crippen LogP contribution in [0.1, 0.15) is 25.0 Å². The van der Waals surface area contributed by atoms with Gasteiger partial charge in [0.1, 0.15) is 0 Å². The number of hydrogen-bond acceptors (Lipinski definition) is 9. The van der Waals surface area contributed by atoms with E-state index in [0.717, 1.165) is 6.07 Å². The zero-order valence-corrected chi connectivity index (χ0v) is 18.1. The van der Waals surface area contributed by atoms with Gasteiger partial charge in [-0.25, -0.2) is 0 Å². The third kappa shape index (κ3) is 9.20.